The lowest BCUT2D eigenvalue weighted by atomic mass is 10.1. The van der Waals surface area contributed by atoms with Crippen LogP contribution in [0.2, 0.25) is 5.02 Å². The second kappa shape index (κ2) is 6.50. The number of carbonyl (C=O) groups is 1. The fourth-order valence-electron chi connectivity index (χ4n) is 1.82. The lowest BCUT2D eigenvalue weighted by Gasteiger charge is -2.08. The third-order valence-electron chi connectivity index (χ3n) is 2.93. The van der Waals surface area contributed by atoms with E-state index in [-0.39, 0.29) is 5.56 Å². The molecular weight excluding hydrogens is 279 g/mol. The summed E-state index contributed by atoms with van der Waals surface area (Å²) < 4.78 is 13.7. The van der Waals surface area contributed by atoms with E-state index >= 15 is 0 Å². The second-order valence-corrected chi connectivity index (χ2v) is 4.77. The summed E-state index contributed by atoms with van der Waals surface area (Å²) in [5.74, 6) is -1.09. The molecule has 5 heteroatoms. The first-order valence-corrected chi connectivity index (χ1v) is 6.48. The minimum atomic E-state index is -0.639. The minimum Gasteiger partial charge on any atom is -0.366 e. The van der Waals surface area contributed by atoms with Crippen LogP contribution in [0.15, 0.2) is 42.5 Å². The topological polar surface area (TPSA) is 55.1 Å². The first kappa shape index (κ1) is 14.5. The van der Waals surface area contributed by atoms with Crippen molar-refractivity contribution in [3.8, 4) is 0 Å². The van der Waals surface area contributed by atoms with E-state index in [4.69, 9.17) is 17.3 Å². The molecule has 0 saturated heterocycles. The number of primary amides is 1. The largest absolute Gasteiger partial charge is 0.366 e. The van der Waals surface area contributed by atoms with Crippen molar-refractivity contribution in [1.82, 2.24) is 5.32 Å². The number of hydrogen-bond acceptors (Lipinski definition) is 2. The number of benzene rings is 2. The predicted molar refractivity (Wildman–Crippen MR) is 76.9 cm³/mol. The van der Waals surface area contributed by atoms with E-state index < -0.39 is 11.7 Å². The second-order valence-electron chi connectivity index (χ2n) is 4.37. The van der Waals surface area contributed by atoms with Crippen LogP contribution >= 0.6 is 11.6 Å². The van der Waals surface area contributed by atoms with Gasteiger partial charge in [0.1, 0.15) is 5.82 Å². The van der Waals surface area contributed by atoms with E-state index in [0.717, 1.165) is 11.6 Å². The molecule has 2 rings (SSSR count). The highest BCUT2D eigenvalue weighted by atomic mass is 35.5. The van der Waals surface area contributed by atoms with Crippen molar-refractivity contribution in [3.05, 3.63) is 70.0 Å². The number of carbonyl (C=O) groups excluding carboxylic acids is 1. The Morgan fingerprint density at radius 1 is 1.15 bits per heavy atom. The molecular formula is C15H14ClFN2O. The summed E-state index contributed by atoms with van der Waals surface area (Å²) in [6, 6.07) is 11.7. The summed E-state index contributed by atoms with van der Waals surface area (Å²) >= 11 is 6.03. The maximum Gasteiger partial charge on any atom is 0.248 e. The number of nitrogens with two attached hydrogens (primary N) is 1. The Morgan fingerprint density at radius 2 is 1.85 bits per heavy atom. The van der Waals surface area contributed by atoms with E-state index in [9.17, 15) is 9.18 Å². The third kappa shape index (κ3) is 3.56. The summed E-state index contributed by atoms with van der Waals surface area (Å²) in [4.78, 5) is 10.9. The van der Waals surface area contributed by atoms with Crippen LogP contribution in [0.1, 0.15) is 21.5 Å². The van der Waals surface area contributed by atoms with Gasteiger partial charge in [-0.15, -0.1) is 0 Å². The molecule has 0 aliphatic heterocycles. The van der Waals surface area contributed by atoms with Crippen LogP contribution in [0.25, 0.3) is 0 Å². The molecule has 2 aromatic carbocycles. The zero-order valence-electron chi connectivity index (χ0n) is 10.7. The van der Waals surface area contributed by atoms with E-state index in [1.807, 2.05) is 18.2 Å². The molecule has 3 N–H and O–H groups in total. The van der Waals surface area contributed by atoms with Gasteiger partial charge in [-0.05, 0) is 23.8 Å². The minimum absolute atomic E-state index is 0.164. The van der Waals surface area contributed by atoms with Gasteiger partial charge in [0, 0.05) is 29.2 Å². The summed E-state index contributed by atoms with van der Waals surface area (Å²) in [5, 5.41) is 3.78. The zero-order chi connectivity index (χ0) is 14.5. The van der Waals surface area contributed by atoms with E-state index in [0.29, 0.717) is 23.7 Å². The fourth-order valence-corrected chi connectivity index (χ4v) is 2.02. The highest BCUT2D eigenvalue weighted by Gasteiger charge is 2.07. The average Bonchev–Trinajstić information content (AvgIpc) is 2.42. The van der Waals surface area contributed by atoms with Crippen LogP contribution in [-0.4, -0.2) is 5.91 Å². The maximum absolute atomic E-state index is 13.7. The Hall–Kier alpha value is -1.91. The fraction of sp³-hybridized carbons (Fsp3) is 0.133. The van der Waals surface area contributed by atoms with Crippen LogP contribution in [0.4, 0.5) is 4.39 Å². The summed E-state index contributed by atoms with van der Waals surface area (Å²) in [6.45, 7) is 0.882. The Morgan fingerprint density at radius 3 is 2.50 bits per heavy atom. The van der Waals surface area contributed by atoms with Gasteiger partial charge in [0.05, 0.1) is 0 Å². The SMILES string of the molecule is NC(=O)c1ccc(CNCc2ccccc2Cl)c(F)c1. The highest BCUT2D eigenvalue weighted by Crippen LogP contribution is 2.15. The van der Waals surface area contributed by atoms with Crippen molar-refractivity contribution in [2.45, 2.75) is 13.1 Å². The Balaban J connectivity index is 1.98. The molecule has 0 aromatic heterocycles. The van der Waals surface area contributed by atoms with Gasteiger partial charge >= 0.3 is 0 Å². The molecule has 2 aromatic rings. The molecule has 0 aliphatic carbocycles. The molecule has 0 spiro atoms. The third-order valence-corrected chi connectivity index (χ3v) is 3.30. The van der Waals surface area contributed by atoms with Crippen molar-refractivity contribution < 1.29 is 9.18 Å². The van der Waals surface area contributed by atoms with Gasteiger partial charge < -0.3 is 11.1 Å². The molecule has 0 heterocycles. The first-order valence-electron chi connectivity index (χ1n) is 6.10. The first-order chi connectivity index (χ1) is 9.58. The molecule has 0 fully saturated rings. The van der Waals surface area contributed by atoms with Crippen LogP contribution in [0.5, 0.6) is 0 Å². The Bertz CT molecular complexity index is 631. The molecule has 0 unspecified atom stereocenters. The van der Waals surface area contributed by atoms with Gasteiger partial charge in [-0.3, -0.25) is 4.79 Å². The van der Waals surface area contributed by atoms with Crippen LogP contribution in [0, 0.1) is 5.82 Å². The van der Waals surface area contributed by atoms with Crippen molar-refractivity contribution in [1.29, 1.82) is 0 Å². The van der Waals surface area contributed by atoms with Crippen molar-refractivity contribution >= 4 is 17.5 Å². The van der Waals surface area contributed by atoms with Gasteiger partial charge in [0.25, 0.3) is 0 Å². The van der Waals surface area contributed by atoms with Crippen LogP contribution < -0.4 is 11.1 Å². The zero-order valence-corrected chi connectivity index (χ0v) is 11.5. The highest BCUT2D eigenvalue weighted by molar-refractivity contribution is 6.31. The monoisotopic (exact) mass is 292 g/mol. The molecule has 0 atom stereocenters. The molecule has 20 heavy (non-hydrogen) atoms. The lowest BCUT2D eigenvalue weighted by Crippen LogP contribution is -2.15. The van der Waals surface area contributed by atoms with Crippen molar-refractivity contribution in [3.63, 3.8) is 0 Å². The smallest absolute Gasteiger partial charge is 0.248 e. The quantitative estimate of drug-likeness (QED) is 0.890. The van der Waals surface area contributed by atoms with Crippen molar-refractivity contribution in [2.75, 3.05) is 0 Å². The molecule has 0 aliphatic rings. The van der Waals surface area contributed by atoms with E-state index in [2.05, 4.69) is 5.32 Å². The number of nitrogens with one attached hydrogen (secondary N) is 1. The molecule has 104 valence electrons. The maximum atomic E-state index is 13.7. The molecule has 1 amide bonds. The summed E-state index contributed by atoms with van der Waals surface area (Å²) in [6.07, 6.45) is 0. The number of halogens is 2. The standard InChI is InChI=1S/C15H14ClFN2O/c16-13-4-2-1-3-11(13)8-19-9-12-6-5-10(15(18)20)7-14(12)17/h1-7,19H,8-9H2,(H2,18,20). The van der Waals surface area contributed by atoms with Gasteiger partial charge in [0.2, 0.25) is 5.91 Å². The molecule has 3 nitrogen and oxygen atoms in total. The molecule has 0 saturated carbocycles. The number of amides is 1. The predicted octanol–water partition coefficient (Wildman–Crippen LogP) is 2.87. The van der Waals surface area contributed by atoms with Crippen LogP contribution in [-0.2, 0) is 13.1 Å². The van der Waals surface area contributed by atoms with E-state index in [1.54, 1.807) is 12.1 Å². The van der Waals surface area contributed by atoms with Gasteiger partial charge in [0.15, 0.2) is 0 Å². The number of rotatable bonds is 5. The lowest BCUT2D eigenvalue weighted by molar-refractivity contribution is 0.1000. The van der Waals surface area contributed by atoms with Gasteiger partial charge in [-0.1, -0.05) is 35.9 Å². The number of hydrogen-bond donors (Lipinski definition) is 2. The Kier molecular flexibility index (Phi) is 4.71. The van der Waals surface area contributed by atoms with Gasteiger partial charge in [-0.25, -0.2) is 4.39 Å². The van der Waals surface area contributed by atoms with Crippen LogP contribution in [0.3, 0.4) is 0 Å². The summed E-state index contributed by atoms with van der Waals surface area (Å²) in [5.41, 5.74) is 6.68. The normalized spacial score (nSPS) is 10.5. The Labute approximate surface area is 121 Å². The van der Waals surface area contributed by atoms with Gasteiger partial charge in [-0.2, -0.15) is 0 Å². The molecule has 0 radical (unpaired) electrons. The average molecular weight is 293 g/mol. The molecule has 0 bridgehead atoms. The van der Waals surface area contributed by atoms with E-state index in [1.165, 1.54) is 6.07 Å². The van der Waals surface area contributed by atoms with Crippen molar-refractivity contribution in [2.24, 2.45) is 5.73 Å². The summed E-state index contributed by atoms with van der Waals surface area (Å²) in [7, 11) is 0.